The van der Waals surface area contributed by atoms with E-state index in [2.05, 4.69) is 20.9 Å². The van der Waals surface area contributed by atoms with Gasteiger partial charge in [0.1, 0.15) is 0 Å². The fraction of sp³-hybridized carbons (Fsp3) is 0.143. The van der Waals surface area contributed by atoms with Crippen LogP contribution in [-0.4, -0.2) is 10.8 Å². The zero-order valence-electron chi connectivity index (χ0n) is 5.85. The molecule has 1 aromatic heterocycles. The number of nitrogens with one attached hydrogen (secondary N) is 1. The van der Waals surface area contributed by atoms with Crippen LogP contribution in [0.2, 0.25) is 0 Å². The second kappa shape index (κ2) is 3.00. The van der Waals surface area contributed by atoms with Crippen molar-refractivity contribution in [3.63, 3.8) is 0 Å². The van der Waals surface area contributed by atoms with Gasteiger partial charge in [0.25, 0.3) is 0 Å². The third-order valence-corrected chi connectivity index (χ3v) is 1.65. The Kier molecular flexibility index (Phi) is 2.24. The van der Waals surface area contributed by atoms with Crippen LogP contribution in [0.1, 0.15) is 17.3 Å². The Balaban J connectivity index is 3.30. The Hall–Kier alpha value is -0.900. The summed E-state index contributed by atoms with van der Waals surface area (Å²) >= 11 is 3.07. The SMILES string of the molecule is CC(=O)c1cc(Br)[nH]c(=O)c1. The van der Waals surface area contributed by atoms with E-state index in [1.165, 1.54) is 13.0 Å². The molecule has 0 aromatic carbocycles. The number of pyridine rings is 1. The number of hydrogen-bond donors (Lipinski definition) is 1. The third kappa shape index (κ3) is 2.01. The Bertz CT molecular complexity index is 343. The zero-order chi connectivity index (χ0) is 8.43. The number of hydrogen-bond acceptors (Lipinski definition) is 2. The second-order valence-electron chi connectivity index (χ2n) is 2.14. The molecule has 1 heterocycles. The molecule has 11 heavy (non-hydrogen) atoms. The molecule has 0 saturated carbocycles. The van der Waals surface area contributed by atoms with Crippen LogP contribution in [-0.2, 0) is 0 Å². The van der Waals surface area contributed by atoms with Gasteiger partial charge in [-0.2, -0.15) is 0 Å². The van der Waals surface area contributed by atoms with E-state index in [0.29, 0.717) is 10.2 Å². The normalized spacial score (nSPS) is 9.64. The number of rotatable bonds is 1. The summed E-state index contributed by atoms with van der Waals surface area (Å²) in [7, 11) is 0. The lowest BCUT2D eigenvalue weighted by molar-refractivity contribution is 0.101. The van der Waals surface area contributed by atoms with Gasteiger partial charge in [0, 0.05) is 11.6 Å². The largest absolute Gasteiger partial charge is 0.317 e. The number of ketones is 1. The number of halogens is 1. The maximum Gasteiger partial charge on any atom is 0.249 e. The van der Waals surface area contributed by atoms with Gasteiger partial charge in [-0.25, -0.2) is 0 Å². The molecule has 4 heteroatoms. The summed E-state index contributed by atoms with van der Waals surface area (Å²) in [5, 5.41) is 0. The van der Waals surface area contributed by atoms with E-state index in [4.69, 9.17) is 0 Å². The summed E-state index contributed by atoms with van der Waals surface area (Å²) in [5.41, 5.74) is 0.144. The monoisotopic (exact) mass is 215 g/mol. The molecule has 1 rings (SSSR count). The summed E-state index contributed by atoms with van der Waals surface area (Å²) in [6.07, 6.45) is 0. The van der Waals surface area contributed by atoms with Crippen LogP contribution < -0.4 is 5.56 Å². The van der Waals surface area contributed by atoms with Gasteiger partial charge < -0.3 is 4.98 Å². The van der Waals surface area contributed by atoms with Gasteiger partial charge in [0.15, 0.2) is 5.78 Å². The molecule has 0 aliphatic carbocycles. The quantitative estimate of drug-likeness (QED) is 0.568. The predicted octanol–water partition coefficient (Wildman–Crippen LogP) is 1.34. The van der Waals surface area contributed by atoms with Crippen LogP contribution in [0.4, 0.5) is 0 Å². The number of carbonyl (C=O) groups is 1. The minimum atomic E-state index is -0.274. The van der Waals surface area contributed by atoms with E-state index in [0.717, 1.165) is 0 Å². The van der Waals surface area contributed by atoms with Crippen LogP contribution in [0.5, 0.6) is 0 Å². The molecule has 0 aliphatic rings. The summed E-state index contributed by atoms with van der Waals surface area (Å²) in [6.45, 7) is 1.42. The van der Waals surface area contributed by atoms with E-state index in [-0.39, 0.29) is 11.3 Å². The smallest absolute Gasteiger partial charge is 0.249 e. The fourth-order valence-electron chi connectivity index (χ4n) is 0.713. The molecule has 0 bridgehead atoms. The fourth-order valence-corrected chi connectivity index (χ4v) is 1.15. The summed E-state index contributed by atoms with van der Waals surface area (Å²) < 4.78 is 0.523. The number of H-pyrrole nitrogens is 1. The lowest BCUT2D eigenvalue weighted by Crippen LogP contribution is -2.07. The van der Waals surface area contributed by atoms with Gasteiger partial charge in [0.05, 0.1) is 4.60 Å². The first kappa shape index (κ1) is 8.20. The molecular formula is C7H6BrNO2. The number of carbonyl (C=O) groups excluding carboxylic acids is 1. The van der Waals surface area contributed by atoms with Crippen LogP contribution in [0.15, 0.2) is 21.5 Å². The average molecular weight is 216 g/mol. The highest BCUT2D eigenvalue weighted by molar-refractivity contribution is 9.10. The van der Waals surface area contributed by atoms with Crippen LogP contribution in [0.25, 0.3) is 0 Å². The van der Waals surface area contributed by atoms with Crippen molar-refractivity contribution in [2.45, 2.75) is 6.92 Å². The van der Waals surface area contributed by atoms with E-state index < -0.39 is 0 Å². The van der Waals surface area contributed by atoms with Crippen LogP contribution in [0, 0.1) is 0 Å². The number of Topliss-reactive ketones (excluding diaryl/α,β-unsaturated/α-hetero) is 1. The van der Waals surface area contributed by atoms with Gasteiger partial charge in [-0.3, -0.25) is 9.59 Å². The second-order valence-corrected chi connectivity index (χ2v) is 2.99. The highest BCUT2D eigenvalue weighted by Gasteiger charge is 2.00. The highest BCUT2D eigenvalue weighted by Crippen LogP contribution is 2.05. The van der Waals surface area contributed by atoms with Gasteiger partial charge >= 0.3 is 0 Å². The van der Waals surface area contributed by atoms with Crippen molar-refractivity contribution in [1.82, 2.24) is 4.98 Å². The first-order valence-electron chi connectivity index (χ1n) is 3.00. The molecule has 3 nitrogen and oxygen atoms in total. The minimum Gasteiger partial charge on any atom is -0.317 e. The van der Waals surface area contributed by atoms with Crippen molar-refractivity contribution in [2.75, 3.05) is 0 Å². The molecule has 0 unspecified atom stereocenters. The predicted molar refractivity (Wildman–Crippen MR) is 44.8 cm³/mol. The summed E-state index contributed by atoms with van der Waals surface area (Å²) in [6, 6.07) is 2.84. The molecular weight excluding hydrogens is 210 g/mol. The molecule has 0 spiro atoms. The molecule has 1 aromatic rings. The van der Waals surface area contributed by atoms with Gasteiger partial charge in [-0.1, -0.05) is 0 Å². The minimum absolute atomic E-state index is 0.114. The molecule has 1 N–H and O–H groups in total. The van der Waals surface area contributed by atoms with E-state index in [1.54, 1.807) is 6.07 Å². The summed E-state index contributed by atoms with van der Waals surface area (Å²) in [5.74, 6) is -0.114. The lowest BCUT2D eigenvalue weighted by atomic mass is 10.2. The van der Waals surface area contributed by atoms with Gasteiger partial charge in [-0.15, -0.1) is 0 Å². The summed E-state index contributed by atoms with van der Waals surface area (Å²) in [4.78, 5) is 24.0. The van der Waals surface area contributed by atoms with Crippen LogP contribution in [0.3, 0.4) is 0 Å². The molecule has 0 atom stereocenters. The van der Waals surface area contributed by atoms with Gasteiger partial charge in [-0.05, 0) is 28.9 Å². The molecule has 0 fully saturated rings. The zero-order valence-corrected chi connectivity index (χ0v) is 7.44. The molecule has 0 radical (unpaired) electrons. The van der Waals surface area contributed by atoms with Crippen molar-refractivity contribution < 1.29 is 4.79 Å². The highest BCUT2D eigenvalue weighted by atomic mass is 79.9. The van der Waals surface area contributed by atoms with E-state index in [9.17, 15) is 9.59 Å². The number of aromatic amines is 1. The molecule has 0 amide bonds. The Morgan fingerprint density at radius 1 is 1.55 bits per heavy atom. The van der Waals surface area contributed by atoms with E-state index in [1.807, 2.05) is 0 Å². The molecule has 0 aliphatic heterocycles. The van der Waals surface area contributed by atoms with Crippen molar-refractivity contribution in [1.29, 1.82) is 0 Å². The maximum absolute atomic E-state index is 10.8. The Morgan fingerprint density at radius 3 is 2.64 bits per heavy atom. The van der Waals surface area contributed by atoms with Crippen molar-refractivity contribution in [3.8, 4) is 0 Å². The van der Waals surface area contributed by atoms with Crippen molar-refractivity contribution >= 4 is 21.7 Å². The maximum atomic E-state index is 10.8. The standard InChI is InChI=1S/C7H6BrNO2/c1-4(10)5-2-6(8)9-7(11)3-5/h2-3H,1H3,(H,9,11). The average Bonchev–Trinajstić information content (AvgIpc) is 1.85. The Morgan fingerprint density at radius 2 is 2.18 bits per heavy atom. The molecule has 0 saturated heterocycles. The Labute approximate surface area is 71.6 Å². The van der Waals surface area contributed by atoms with E-state index >= 15 is 0 Å². The van der Waals surface area contributed by atoms with Gasteiger partial charge in [0.2, 0.25) is 5.56 Å². The van der Waals surface area contributed by atoms with Crippen molar-refractivity contribution in [2.24, 2.45) is 0 Å². The van der Waals surface area contributed by atoms with Crippen molar-refractivity contribution in [3.05, 3.63) is 32.7 Å². The third-order valence-electron chi connectivity index (χ3n) is 1.22. The first-order chi connectivity index (χ1) is 5.09. The first-order valence-corrected chi connectivity index (χ1v) is 3.79. The van der Waals surface area contributed by atoms with Crippen LogP contribution >= 0.6 is 15.9 Å². The molecule has 58 valence electrons. The lowest BCUT2D eigenvalue weighted by Gasteiger charge is -1.93. The number of aromatic nitrogens is 1. The topological polar surface area (TPSA) is 49.9 Å².